The lowest BCUT2D eigenvalue weighted by molar-refractivity contribution is 0.295. The summed E-state index contributed by atoms with van der Waals surface area (Å²) >= 11 is 0. The minimum Gasteiger partial charge on any atom is -0.193 e. The third kappa shape index (κ3) is 8.17. The molecule has 0 radical (unpaired) electrons. The number of nitriles is 1. The van der Waals surface area contributed by atoms with Crippen LogP contribution in [-0.4, -0.2) is 0 Å². The van der Waals surface area contributed by atoms with Crippen LogP contribution in [0.15, 0.2) is 60.7 Å². The van der Waals surface area contributed by atoms with Crippen molar-refractivity contribution in [2.45, 2.75) is 89.9 Å². The van der Waals surface area contributed by atoms with Crippen LogP contribution in [0.4, 0.5) is 0 Å². The van der Waals surface area contributed by atoms with Crippen LogP contribution in [0, 0.1) is 29.1 Å². The molecule has 1 aromatic carbocycles. The highest BCUT2D eigenvalue weighted by atomic mass is 14.3. The second kappa shape index (κ2) is 13.4. The smallest absolute Gasteiger partial charge is 0.0912 e. The highest BCUT2D eigenvalue weighted by Crippen LogP contribution is 2.38. The van der Waals surface area contributed by atoms with Crippen molar-refractivity contribution >= 4 is 0 Å². The fourth-order valence-corrected chi connectivity index (χ4v) is 5.48. The molecule has 0 N–H and O–H groups in total. The van der Waals surface area contributed by atoms with Gasteiger partial charge in [-0.25, -0.2) is 0 Å². The van der Waals surface area contributed by atoms with Gasteiger partial charge in [0, 0.05) is 6.08 Å². The van der Waals surface area contributed by atoms with Crippen molar-refractivity contribution in [1.82, 2.24) is 0 Å². The van der Waals surface area contributed by atoms with Crippen LogP contribution in [0.1, 0.15) is 94.6 Å². The summed E-state index contributed by atoms with van der Waals surface area (Å²) in [6.45, 7) is 2.26. The molecule has 2 saturated carbocycles. The molecule has 0 atom stereocenters. The van der Waals surface area contributed by atoms with Crippen molar-refractivity contribution < 1.29 is 0 Å². The van der Waals surface area contributed by atoms with Gasteiger partial charge >= 0.3 is 0 Å². The maximum atomic E-state index is 8.48. The molecule has 0 amide bonds. The molecular formula is C30H41N. The second-order valence-electron chi connectivity index (χ2n) is 9.76. The molecular weight excluding hydrogens is 374 g/mol. The van der Waals surface area contributed by atoms with Crippen LogP contribution in [0.2, 0.25) is 0 Å². The Morgan fingerprint density at radius 2 is 1.52 bits per heavy atom. The average Bonchev–Trinajstić information content (AvgIpc) is 2.82. The number of allylic oxidation sites excluding steroid dienone is 6. The summed E-state index contributed by atoms with van der Waals surface area (Å²) < 4.78 is 0. The Morgan fingerprint density at radius 1 is 0.871 bits per heavy atom. The zero-order valence-corrected chi connectivity index (χ0v) is 19.5. The quantitative estimate of drug-likeness (QED) is 0.225. The minimum atomic E-state index is 0.778. The lowest BCUT2D eigenvalue weighted by Crippen LogP contribution is -2.14. The monoisotopic (exact) mass is 415 g/mol. The normalized spacial score (nSPS) is 27.2. The van der Waals surface area contributed by atoms with E-state index in [-0.39, 0.29) is 0 Å². The molecule has 2 aliphatic rings. The van der Waals surface area contributed by atoms with Crippen molar-refractivity contribution in [2.24, 2.45) is 17.8 Å². The Bertz CT molecular complexity index is 745. The number of nitrogens with zero attached hydrogens (tertiary/aromatic N) is 1. The van der Waals surface area contributed by atoms with Gasteiger partial charge in [-0.1, -0.05) is 68.0 Å². The van der Waals surface area contributed by atoms with Gasteiger partial charge in [-0.2, -0.15) is 5.26 Å². The van der Waals surface area contributed by atoms with E-state index < -0.39 is 0 Å². The van der Waals surface area contributed by atoms with Gasteiger partial charge in [0.05, 0.1) is 6.07 Å². The van der Waals surface area contributed by atoms with Gasteiger partial charge in [0.25, 0.3) is 0 Å². The first-order valence-electron chi connectivity index (χ1n) is 12.8. The summed E-state index contributed by atoms with van der Waals surface area (Å²) in [5.74, 6) is 3.29. The van der Waals surface area contributed by atoms with Crippen molar-refractivity contribution in [2.75, 3.05) is 0 Å². The van der Waals surface area contributed by atoms with Crippen LogP contribution in [0.3, 0.4) is 0 Å². The van der Waals surface area contributed by atoms with Crippen molar-refractivity contribution in [1.29, 1.82) is 5.26 Å². The highest BCUT2D eigenvalue weighted by Gasteiger charge is 2.22. The molecule has 31 heavy (non-hydrogen) atoms. The fraction of sp³-hybridized carbons (Fsp3) is 0.567. The third-order valence-corrected chi connectivity index (χ3v) is 7.47. The minimum absolute atomic E-state index is 0.778. The largest absolute Gasteiger partial charge is 0.193 e. The van der Waals surface area contributed by atoms with E-state index in [1.165, 1.54) is 82.3 Å². The predicted molar refractivity (Wildman–Crippen MR) is 133 cm³/mol. The SMILES string of the molecule is CCCc1ccc([C@H]2CC[C@H](C=C[C@H]3CC[C@H](CCC=CC=CC#N)CC3)CC2)cc1. The number of aryl methyl sites for hydroxylation is 1. The van der Waals surface area contributed by atoms with E-state index >= 15 is 0 Å². The van der Waals surface area contributed by atoms with Gasteiger partial charge in [-0.05, 0) is 105 Å². The summed E-state index contributed by atoms with van der Waals surface area (Å²) in [6, 6.07) is 11.5. The second-order valence-corrected chi connectivity index (χ2v) is 9.76. The molecule has 1 aromatic rings. The molecule has 0 saturated heterocycles. The summed E-state index contributed by atoms with van der Waals surface area (Å²) in [6.07, 6.45) is 28.6. The Labute approximate surface area is 191 Å². The van der Waals surface area contributed by atoms with Crippen LogP contribution in [0.5, 0.6) is 0 Å². The fourth-order valence-electron chi connectivity index (χ4n) is 5.48. The summed E-state index contributed by atoms with van der Waals surface area (Å²) in [7, 11) is 0. The molecule has 3 rings (SSSR count). The van der Waals surface area contributed by atoms with E-state index in [0.717, 1.165) is 30.1 Å². The molecule has 2 fully saturated rings. The average molecular weight is 416 g/mol. The van der Waals surface area contributed by atoms with Gasteiger partial charge in [0.2, 0.25) is 0 Å². The zero-order valence-electron chi connectivity index (χ0n) is 19.5. The molecule has 2 aliphatic carbocycles. The van der Waals surface area contributed by atoms with Crippen LogP contribution in [0.25, 0.3) is 0 Å². The van der Waals surface area contributed by atoms with E-state index in [2.05, 4.69) is 49.4 Å². The Hall–Kier alpha value is -2.07. The first-order valence-corrected chi connectivity index (χ1v) is 12.8. The number of hydrogen-bond donors (Lipinski definition) is 0. The zero-order chi connectivity index (χ0) is 21.7. The van der Waals surface area contributed by atoms with Crippen LogP contribution >= 0.6 is 0 Å². The van der Waals surface area contributed by atoms with Crippen molar-refractivity contribution in [3.8, 4) is 6.07 Å². The molecule has 0 aliphatic heterocycles. The lowest BCUT2D eigenvalue weighted by atomic mass is 9.77. The molecule has 1 heteroatoms. The first-order chi connectivity index (χ1) is 15.3. The predicted octanol–water partition coefficient (Wildman–Crippen LogP) is 8.69. The number of hydrogen-bond acceptors (Lipinski definition) is 1. The van der Waals surface area contributed by atoms with Gasteiger partial charge in [0.1, 0.15) is 0 Å². The standard InChI is InChI=1S/C30H41N/c1-2-8-25-16-20-29(21-17-25)30-22-18-28(19-23-30)15-14-27-12-10-26(11-13-27)9-6-4-3-5-7-24-31/h3-5,7,14-17,20-21,26-28,30H,2,6,8-13,18-19,22-23H2,1H3/t26-,27-,28-,30-. The van der Waals surface area contributed by atoms with Crippen LogP contribution in [-0.2, 0) is 6.42 Å². The van der Waals surface area contributed by atoms with E-state index in [1.54, 1.807) is 5.56 Å². The van der Waals surface area contributed by atoms with Crippen molar-refractivity contribution in [3.63, 3.8) is 0 Å². The van der Waals surface area contributed by atoms with E-state index in [4.69, 9.17) is 5.26 Å². The first kappa shape index (κ1) is 23.6. The third-order valence-electron chi connectivity index (χ3n) is 7.47. The number of benzene rings is 1. The molecule has 1 nitrogen and oxygen atoms in total. The van der Waals surface area contributed by atoms with Gasteiger partial charge in [0.15, 0.2) is 0 Å². The maximum Gasteiger partial charge on any atom is 0.0912 e. The molecule has 0 spiro atoms. The molecule has 0 heterocycles. The Balaban J connectivity index is 1.33. The van der Waals surface area contributed by atoms with E-state index in [9.17, 15) is 0 Å². The molecule has 0 bridgehead atoms. The van der Waals surface area contributed by atoms with Gasteiger partial charge in [-0.15, -0.1) is 0 Å². The molecule has 0 unspecified atom stereocenters. The van der Waals surface area contributed by atoms with E-state index in [0.29, 0.717) is 0 Å². The van der Waals surface area contributed by atoms with E-state index in [1.807, 2.05) is 18.2 Å². The summed E-state index contributed by atoms with van der Waals surface area (Å²) in [4.78, 5) is 0. The number of rotatable bonds is 9. The summed E-state index contributed by atoms with van der Waals surface area (Å²) in [5.41, 5.74) is 3.05. The maximum absolute atomic E-state index is 8.48. The van der Waals surface area contributed by atoms with Gasteiger partial charge < -0.3 is 0 Å². The molecule has 166 valence electrons. The van der Waals surface area contributed by atoms with Crippen LogP contribution < -0.4 is 0 Å². The Morgan fingerprint density at radius 3 is 2.13 bits per heavy atom. The topological polar surface area (TPSA) is 23.8 Å². The summed E-state index contributed by atoms with van der Waals surface area (Å²) in [5, 5.41) is 8.48. The lowest BCUT2D eigenvalue weighted by Gasteiger charge is -2.29. The Kier molecular flexibility index (Phi) is 10.2. The molecule has 0 aromatic heterocycles. The van der Waals surface area contributed by atoms with Crippen molar-refractivity contribution in [3.05, 3.63) is 71.8 Å². The highest BCUT2D eigenvalue weighted by molar-refractivity contribution is 5.26. The van der Waals surface area contributed by atoms with Gasteiger partial charge in [-0.3, -0.25) is 0 Å².